The van der Waals surface area contributed by atoms with Crippen LogP contribution in [0.25, 0.3) is 0 Å². The fraction of sp³-hybridized carbons (Fsp3) is 0.545. The third kappa shape index (κ3) is 8.09. The molecule has 1 heterocycles. The smallest absolute Gasteiger partial charge is 0.324 e. The van der Waals surface area contributed by atoms with Gasteiger partial charge in [0.25, 0.3) is 0 Å². The van der Waals surface area contributed by atoms with Gasteiger partial charge in [0.1, 0.15) is 5.60 Å². The quantitative estimate of drug-likeness (QED) is 0.388. The minimum absolute atomic E-state index is 0.00214. The molecule has 11 heteroatoms. The summed E-state index contributed by atoms with van der Waals surface area (Å²) in [5, 5.41) is 13.2. The zero-order valence-electron chi connectivity index (χ0n) is 19.1. The minimum atomic E-state index is -3.77. The number of carbonyl (C=O) groups excluding carboxylic acids is 2. The molecule has 1 atom stereocenters. The van der Waals surface area contributed by atoms with Crippen LogP contribution in [0.2, 0.25) is 0 Å². The van der Waals surface area contributed by atoms with Gasteiger partial charge in [0, 0.05) is 26.1 Å². The van der Waals surface area contributed by atoms with Gasteiger partial charge >= 0.3 is 6.03 Å². The van der Waals surface area contributed by atoms with Crippen LogP contribution in [0.15, 0.2) is 30.4 Å². The number of carbonyl (C=O) groups is 2. The summed E-state index contributed by atoms with van der Waals surface area (Å²) in [6.45, 7) is 5.99. The van der Waals surface area contributed by atoms with Crippen LogP contribution < -0.4 is 14.8 Å². The molecule has 33 heavy (non-hydrogen) atoms. The summed E-state index contributed by atoms with van der Waals surface area (Å²) in [4.78, 5) is 24.2. The molecule has 1 saturated heterocycles. The van der Waals surface area contributed by atoms with Gasteiger partial charge in [-0.25, -0.2) is 22.3 Å². The molecule has 0 bridgehead atoms. The monoisotopic (exact) mass is 485 g/mol. The van der Waals surface area contributed by atoms with Crippen molar-refractivity contribution in [1.29, 1.82) is 0 Å². The average molecular weight is 486 g/mol. The Morgan fingerprint density at radius 3 is 2.70 bits per heavy atom. The lowest BCUT2D eigenvalue weighted by molar-refractivity contribution is -0.121. The zero-order chi connectivity index (χ0) is 24.6. The topological polar surface area (TPSA) is 125 Å². The molecule has 184 valence electrons. The molecule has 0 aromatic heterocycles. The molecular formula is C22H32FN3O6S. The third-order valence-corrected chi connectivity index (χ3v) is 6.38. The van der Waals surface area contributed by atoms with Crippen molar-refractivity contribution in [3.8, 4) is 5.75 Å². The number of ether oxygens (including phenoxy) is 1. The maximum absolute atomic E-state index is 14.1. The van der Waals surface area contributed by atoms with Crippen molar-refractivity contribution in [2.45, 2.75) is 39.2 Å². The molecule has 0 aliphatic carbocycles. The number of halogens is 1. The molecule has 0 radical (unpaired) electrons. The van der Waals surface area contributed by atoms with Gasteiger partial charge in [-0.05, 0) is 30.0 Å². The average Bonchev–Trinajstić information content (AvgIpc) is 2.75. The van der Waals surface area contributed by atoms with Gasteiger partial charge in [0.15, 0.2) is 11.6 Å². The molecule has 1 aliphatic heterocycles. The SMILES string of the molecule is CCC(O)(CNS(=O)(=O)C/C=C/CN1CCC(=O)NC1=O)c1ccc(F)c(OCC(C)C)c1. The Kier molecular flexibility index (Phi) is 9.38. The highest BCUT2D eigenvalue weighted by atomic mass is 32.2. The van der Waals surface area contributed by atoms with Crippen molar-refractivity contribution in [2.24, 2.45) is 5.92 Å². The van der Waals surface area contributed by atoms with Crippen LogP contribution in [0, 0.1) is 11.7 Å². The van der Waals surface area contributed by atoms with Crippen molar-refractivity contribution < 1.29 is 32.2 Å². The third-order valence-electron chi connectivity index (χ3n) is 5.16. The first-order valence-corrected chi connectivity index (χ1v) is 12.5. The Morgan fingerprint density at radius 1 is 1.33 bits per heavy atom. The van der Waals surface area contributed by atoms with Crippen molar-refractivity contribution >= 4 is 22.0 Å². The fourth-order valence-electron chi connectivity index (χ4n) is 3.05. The number of sulfonamides is 1. The number of nitrogens with zero attached hydrogens (tertiary/aromatic N) is 1. The summed E-state index contributed by atoms with van der Waals surface area (Å²) in [6, 6.07) is 3.47. The predicted molar refractivity (Wildman–Crippen MR) is 122 cm³/mol. The second-order valence-electron chi connectivity index (χ2n) is 8.36. The van der Waals surface area contributed by atoms with Gasteiger partial charge < -0.3 is 14.7 Å². The van der Waals surface area contributed by atoms with Gasteiger partial charge in [-0.3, -0.25) is 10.1 Å². The molecule has 1 aromatic carbocycles. The van der Waals surface area contributed by atoms with Crippen molar-refractivity contribution in [3.05, 3.63) is 41.7 Å². The maximum atomic E-state index is 14.1. The van der Waals surface area contributed by atoms with E-state index in [2.05, 4.69) is 10.0 Å². The van der Waals surface area contributed by atoms with Gasteiger partial charge in [0.05, 0.1) is 12.4 Å². The Balaban J connectivity index is 1.96. The highest BCUT2D eigenvalue weighted by Crippen LogP contribution is 2.29. The van der Waals surface area contributed by atoms with Gasteiger partial charge in [-0.15, -0.1) is 0 Å². The van der Waals surface area contributed by atoms with Crippen molar-refractivity contribution in [1.82, 2.24) is 14.9 Å². The molecule has 0 saturated carbocycles. The summed E-state index contributed by atoms with van der Waals surface area (Å²) < 4.78 is 46.7. The molecular weight excluding hydrogens is 453 g/mol. The van der Waals surface area contributed by atoms with E-state index in [1.807, 2.05) is 13.8 Å². The largest absolute Gasteiger partial charge is 0.490 e. The van der Waals surface area contributed by atoms with E-state index in [1.165, 1.54) is 35.3 Å². The maximum Gasteiger partial charge on any atom is 0.324 e. The number of aliphatic hydroxyl groups is 1. The molecule has 3 N–H and O–H groups in total. The summed E-state index contributed by atoms with van der Waals surface area (Å²) in [5.41, 5.74) is -1.21. The fourth-order valence-corrected chi connectivity index (χ4v) is 4.01. The van der Waals surface area contributed by atoms with Crippen molar-refractivity contribution in [2.75, 3.05) is 32.0 Å². The Labute approximate surface area is 194 Å². The highest BCUT2D eigenvalue weighted by molar-refractivity contribution is 7.89. The van der Waals surface area contributed by atoms with Crippen LogP contribution in [0.3, 0.4) is 0 Å². The number of benzene rings is 1. The number of hydrogen-bond donors (Lipinski definition) is 3. The number of hydrogen-bond acceptors (Lipinski definition) is 6. The Morgan fingerprint density at radius 2 is 2.06 bits per heavy atom. The molecule has 1 unspecified atom stereocenters. The number of urea groups is 1. The molecule has 1 fully saturated rings. The Hall–Kier alpha value is -2.50. The second kappa shape index (κ2) is 11.6. The van der Waals surface area contributed by atoms with Crippen LogP contribution in [-0.2, 0) is 20.4 Å². The highest BCUT2D eigenvalue weighted by Gasteiger charge is 2.30. The number of amides is 3. The summed E-state index contributed by atoms with van der Waals surface area (Å²) >= 11 is 0. The van der Waals surface area contributed by atoms with E-state index < -0.39 is 27.5 Å². The van der Waals surface area contributed by atoms with E-state index in [0.29, 0.717) is 12.2 Å². The molecule has 3 amide bonds. The lowest BCUT2D eigenvalue weighted by Gasteiger charge is -2.28. The first-order chi connectivity index (χ1) is 15.5. The zero-order valence-corrected chi connectivity index (χ0v) is 20.0. The first-order valence-electron chi connectivity index (χ1n) is 10.8. The van der Waals surface area contributed by atoms with Crippen molar-refractivity contribution in [3.63, 3.8) is 0 Å². The minimum Gasteiger partial charge on any atom is -0.490 e. The van der Waals surface area contributed by atoms with Crippen LogP contribution >= 0.6 is 0 Å². The molecule has 0 spiro atoms. The van der Waals surface area contributed by atoms with Gasteiger partial charge in [-0.1, -0.05) is 39.0 Å². The van der Waals surface area contributed by atoms with E-state index in [0.717, 1.165) is 0 Å². The molecule has 1 aromatic rings. The second-order valence-corrected chi connectivity index (χ2v) is 10.2. The van der Waals surface area contributed by atoms with Crippen LogP contribution in [-0.4, -0.2) is 62.4 Å². The van der Waals surface area contributed by atoms with Crippen LogP contribution in [0.4, 0.5) is 9.18 Å². The van der Waals surface area contributed by atoms with Gasteiger partial charge in [0.2, 0.25) is 15.9 Å². The molecule has 9 nitrogen and oxygen atoms in total. The van der Waals surface area contributed by atoms with E-state index in [9.17, 15) is 27.5 Å². The summed E-state index contributed by atoms with van der Waals surface area (Å²) in [7, 11) is -3.77. The van der Waals surface area contributed by atoms with E-state index in [4.69, 9.17) is 4.74 Å². The van der Waals surface area contributed by atoms with Crippen LogP contribution in [0.5, 0.6) is 5.75 Å². The summed E-state index contributed by atoms with van der Waals surface area (Å²) in [6.07, 6.45) is 3.30. The lowest BCUT2D eigenvalue weighted by atomic mass is 9.91. The Bertz CT molecular complexity index is 982. The standard InChI is InChI=1S/C22H32FN3O6S/c1-4-22(29,17-7-8-18(23)19(13-17)32-14-16(2)3)15-24-33(30,31)12-6-5-10-26-11-9-20(27)25-21(26)28/h5-8,13,16,24,29H,4,9-12,14-15H2,1-3H3,(H,25,27,28)/b6-5+. The number of nitrogens with one attached hydrogen (secondary N) is 2. The predicted octanol–water partition coefficient (Wildman–Crippen LogP) is 1.88. The van der Waals surface area contributed by atoms with Gasteiger partial charge in [-0.2, -0.15) is 0 Å². The number of imide groups is 1. The van der Waals surface area contributed by atoms with E-state index in [1.54, 1.807) is 6.92 Å². The molecule has 2 rings (SSSR count). The summed E-state index contributed by atoms with van der Waals surface area (Å²) in [5.74, 6) is -1.06. The first kappa shape index (κ1) is 26.7. The van der Waals surface area contributed by atoms with Crippen LogP contribution in [0.1, 0.15) is 39.2 Å². The van der Waals surface area contributed by atoms with E-state index in [-0.39, 0.29) is 55.8 Å². The lowest BCUT2D eigenvalue weighted by Crippen LogP contribution is -2.49. The number of rotatable bonds is 12. The normalized spacial score (nSPS) is 16.8. The molecule has 1 aliphatic rings. The van der Waals surface area contributed by atoms with E-state index >= 15 is 0 Å².